The molecule has 0 aliphatic heterocycles. The molecule has 0 saturated heterocycles. The van der Waals surface area contributed by atoms with Gasteiger partial charge >= 0.3 is 6.03 Å². The molecule has 22 heavy (non-hydrogen) atoms. The van der Waals surface area contributed by atoms with Crippen LogP contribution in [0.25, 0.3) is 0 Å². The lowest BCUT2D eigenvalue weighted by atomic mass is 10.3. The lowest BCUT2D eigenvalue weighted by molar-refractivity contribution is 0.207. The number of benzene rings is 2. The van der Waals surface area contributed by atoms with E-state index in [2.05, 4.69) is 5.32 Å². The van der Waals surface area contributed by atoms with Crippen molar-refractivity contribution < 1.29 is 13.9 Å². The minimum atomic E-state index is -0.647. The van der Waals surface area contributed by atoms with Crippen LogP contribution >= 0.6 is 11.6 Å². The van der Waals surface area contributed by atoms with Crippen molar-refractivity contribution in [1.82, 2.24) is 4.90 Å². The van der Waals surface area contributed by atoms with Crippen molar-refractivity contribution in [1.29, 1.82) is 0 Å². The van der Waals surface area contributed by atoms with E-state index in [1.54, 1.807) is 13.1 Å². The summed E-state index contributed by atoms with van der Waals surface area (Å²) in [5, 5.41) is 2.44. The molecule has 0 heterocycles. The molecule has 2 aromatic rings. The van der Waals surface area contributed by atoms with Crippen LogP contribution in [-0.2, 0) is 0 Å². The van der Waals surface area contributed by atoms with Gasteiger partial charge in [-0.3, -0.25) is 0 Å². The van der Waals surface area contributed by atoms with Crippen LogP contribution in [-0.4, -0.2) is 31.1 Å². The van der Waals surface area contributed by atoms with Gasteiger partial charge in [0.1, 0.15) is 12.4 Å². The summed E-state index contributed by atoms with van der Waals surface area (Å²) in [6, 6.07) is 13.3. The van der Waals surface area contributed by atoms with Gasteiger partial charge < -0.3 is 15.0 Å². The van der Waals surface area contributed by atoms with Gasteiger partial charge in [0.05, 0.1) is 17.3 Å². The monoisotopic (exact) mass is 322 g/mol. The van der Waals surface area contributed by atoms with Crippen LogP contribution in [0.15, 0.2) is 48.5 Å². The molecule has 2 rings (SSSR count). The van der Waals surface area contributed by atoms with Crippen LogP contribution in [0.3, 0.4) is 0 Å². The smallest absolute Gasteiger partial charge is 0.321 e. The lowest BCUT2D eigenvalue weighted by Gasteiger charge is -2.18. The number of nitrogens with zero attached hydrogens (tertiary/aromatic N) is 1. The zero-order valence-electron chi connectivity index (χ0n) is 12.1. The number of amides is 2. The molecule has 2 aromatic carbocycles. The number of carbonyl (C=O) groups excluding carboxylic acids is 1. The molecular weight excluding hydrogens is 307 g/mol. The summed E-state index contributed by atoms with van der Waals surface area (Å²) in [4.78, 5) is 13.4. The molecule has 4 nitrogen and oxygen atoms in total. The zero-order valence-corrected chi connectivity index (χ0v) is 12.8. The van der Waals surface area contributed by atoms with E-state index in [-0.39, 0.29) is 10.7 Å². The van der Waals surface area contributed by atoms with Gasteiger partial charge in [0.25, 0.3) is 0 Å². The maximum absolute atomic E-state index is 13.7. The molecule has 0 aromatic heterocycles. The molecule has 0 aliphatic rings. The Morgan fingerprint density at radius 3 is 2.68 bits per heavy atom. The lowest BCUT2D eigenvalue weighted by Crippen LogP contribution is -2.34. The fourth-order valence-electron chi connectivity index (χ4n) is 1.73. The molecule has 0 spiro atoms. The highest BCUT2D eigenvalue weighted by molar-refractivity contribution is 6.31. The molecule has 6 heteroatoms. The first kappa shape index (κ1) is 16.1. The van der Waals surface area contributed by atoms with E-state index < -0.39 is 11.8 Å². The van der Waals surface area contributed by atoms with Gasteiger partial charge in [0, 0.05) is 7.05 Å². The van der Waals surface area contributed by atoms with Crippen LogP contribution in [0.1, 0.15) is 0 Å². The number of carbonyl (C=O) groups is 1. The summed E-state index contributed by atoms with van der Waals surface area (Å²) in [5.74, 6) is 0.0867. The summed E-state index contributed by atoms with van der Waals surface area (Å²) in [6.45, 7) is 0.703. The van der Waals surface area contributed by atoms with Crippen LogP contribution < -0.4 is 10.1 Å². The Kier molecular flexibility index (Phi) is 5.61. The van der Waals surface area contributed by atoms with E-state index in [9.17, 15) is 9.18 Å². The van der Waals surface area contributed by atoms with Crippen molar-refractivity contribution in [3.63, 3.8) is 0 Å². The van der Waals surface area contributed by atoms with Gasteiger partial charge in [-0.05, 0) is 24.3 Å². The maximum atomic E-state index is 13.7. The molecule has 0 atom stereocenters. The van der Waals surface area contributed by atoms with Crippen LogP contribution in [0.4, 0.5) is 14.9 Å². The number of anilines is 1. The fraction of sp³-hybridized carbons (Fsp3) is 0.188. The second-order valence-electron chi connectivity index (χ2n) is 4.61. The highest BCUT2D eigenvalue weighted by atomic mass is 35.5. The van der Waals surface area contributed by atoms with Crippen LogP contribution in [0.5, 0.6) is 5.75 Å². The average Bonchev–Trinajstić information content (AvgIpc) is 2.52. The van der Waals surface area contributed by atoms with Crippen molar-refractivity contribution >= 4 is 23.3 Å². The molecule has 1 N–H and O–H groups in total. The molecule has 0 aliphatic carbocycles. The number of halogens is 2. The molecule has 0 saturated carbocycles. The number of rotatable bonds is 5. The Hall–Kier alpha value is -2.27. The number of nitrogens with one attached hydrogen (secondary N) is 1. The average molecular weight is 323 g/mol. The van der Waals surface area contributed by atoms with Crippen molar-refractivity contribution in [2.24, 2.45) is 0 Å². The van der Waals surface area contributed by atoms with Crippen molar-refractivity contribution in [2.75, 3.05) is 25.5 Å². The van der Waals surface area contributed by atoms with Gasteiger partial charge in [-0.25, -0.2) is 9.18 Å². The van der Waals surface area contributed by atoms with Gasteiger partial charge in [-0.2, -0.15) is 0 Å². The van der Waals surface area contributed by atoms with Crippen molar-refractivity contribution in [3.05, 3.63) is 59.4 Å². The largest absolute Gasteiger partial charge is 0.492 e. The summed E-state index contributed by atoms with van der Waals surface area (Å²) in [6.07, 6.45) is 0. The Bertz CT molecular complexity index is 637. The molecule has 0 unspecified atom stereocenters. The van der Waals surface area contributed by atoms with Crippen molar-refractivity contribution in [3.8, 4) is 5.75 Å². The maximum Gasteiger partial charge on any atom is 0.321 e. The fourth-order valence-corrected chi connectivity index (χ4v) is 1.90. The second kappa shape index (κ2) is 7.66. The van der Waals surface area contributed by atoms with E-state index >= 15 is 0 Å². The number of hydrogen-bond donors (Lipinski definition) is 1. The van der Waals surface area contributed by atoms with Gasteiger partial charge in [-0.15, -0.1) is 0 Å². The molecule has 0 fully saturated rings. The van der Waals surface area contributed by atoms with E-state index in [0.29, 0.717) is 13.2 Å². The van der Waals surface area contributed by atoms with E-state index in [4.69, 9.17) is 16.3 Å². The molecule has 0 radical (unpaired) electrons. The Morgan fingerprint density at radius 1 is 1.23 bits per heavy atom. The molecule has 0 bridgehead atoms. The number of hydrogen-bond acceptors (Lipinski definition) is 2. The summed E-state index contributed by atoms with van der Waals surface area (Å²) in [7, 11) is 1.60. The quantitative estimate of drug-likeness (QED) is 0.903. The third-order valence-electron chi connectivity index (χ3n) is 2.98. The summed E-state index contributed by atoms with van der Waals surface area (Å²) in [5.41, 5.74) is 0.0494. The number of ether oxygens (including phenoxy) is 1. The minimum absolute atomic E-state index is 0.0344. The number of urea groups is 1. The van der Waals surface area contributed by atoms with Crippen LogP contribution in [0.2, 0.25) is 5.02 Å². The standard InChI is InChI=1S/C16H16ClFN2O2/c1-20(10-11-22-12-6-3-2-4-7-12)16(21)19-14-9-5-8-13(17)15(14)18/h2-9H,10-11H2,1H3,(H,19,21). The van der Waals surface area contributed by atoms with Gasteiger partial charge in [0.2, 0.25) is 0 Å². The summed E-state index contributed by atoms with van der Waals surface area (Å²) < 4.78 is 19.2. The first-order chi connectivity index (χ1) is 10.6. The van der Waals surface area contributed by atoms with Crippen molar-refractivity contribution in [2.45, 2.75) is 0 Å². The van der Waals surface area contributed by atoms with E-state index in [1.165, 1.54) is 17.0 Å². The minimum Gasteiger partial charge on any atom is -0.492 e. The van der Waals surface area contributed by atoms with E-state index in [1.807, 2.05) is 30.3 Å². The van der Waals surface area contributed by atoms with Crippen LogP contribution in [0, 0.1) is 5.82 Å². The number of para-hydroxylation sites is 1. The number of likely N-dealkylation sites (N-methyl/N-ethyl adjacent to an activating group) is 1. The Balaban J connectivity index is 1.83. The van der Waals surface area contributed by atoms with E-state index in [0.717, 1.165) is 5.75 Å². The topological polar surface area (TPSA) is 41.6 Å². The predicted octanol–water partition coefficient (Wildman–Crippen LogP) is 4.02. The first-order valence-corrected chi connectivity index (χ1v) is 7.09. The zero-order chi connectivity index (χ0) is 15.9. The molecule has 2 amide bonds. The van der Waals surface area contributed by atoms with Gasteiger partial charge in [-0.1, -0.05) is 35.9 Å². The Labute approximate surface area is 133 Å². The SMILES string of the molecule is CN(CCOc1ccccc1)C(=O)Nc1cccc(Cl)c1F. The predicted molar refractivity (Wildman–Crippen MR) is 85.0 cm³/mol. The second-order valence-corrected chi connectivity index (χ2v) is 5.02. The normalized spacial score (nSPS) is 10.1. The van der Waals surface area contributed by atoms with Gasteiger partial charge in [0.15, 0.2) is 5.82 Å². The summed E-state index contributed by atoms with van der Waals surface area (Å²) >= 11 is 5.67. The third-order valence-corrected chi connectivity index (χ3v) is 3.27. The Morgan fingerprint density at radius 2 is 1.95 bits per heavy atom. The highest BCUT2D eigenvalue weighted by Gasteiger charge is 2.13. The third kappa shape index (κ3) is 4.36. The molecule has 116 valence electrons. The first-order valence-electron chi connectivity index (χ1n) is 6.72. The highest BCUT2D eigenvalue weighted by Crippen LogP contribution is 2.22. The molecular formula is C16H16ClFN2O2.